The molecule has 1 aliphatic heterocycles. The number of rotatable bonds is 4. The van der Waals surface area contributed by atoms with Gasteiger partial charge < -0.3 is 14.6 Å². The first kappa shape index (κ1) is 15.4. The van der Waals surface area contributed by atoms with Crippen molar-refractivity contribution in [2.24, 2.45) is 5.92 Å². The monoisotopic (exact) mass is 318 g/mol. The van der Waals surface area contributed by atoms with E-state index in [1.54, 1.807) is 19.9 Å². The van der Waals surface area contributed by atoms with Crippen LogP contribution in [0, 0.1) is 5.92 Å². The third kappa shape index (κ3) is 4.23. The van der Waals surface area contributed by atoms with Crippen molar-refractivity contribution in [3.05, 3.63) is 22.7 Å². The summed E-state index contributed by atoms with van der Waals surface area (Å²) < 4.78 is 11.4. The van der Waals surface area contributed by atoms with Gasteiger partial charge in [0.05, 0.1) is 18.8 Å². The lowest BCUT2D eigenvalue weighted by molar-refractivity contribution is -0.137. The van der Waals surface area contributed by atoms with Gasteiger partial charge in [-0.3, -0.25) is 0 Å². The van der Waals surface area contributed by atoms with E-state index in [2.05, 4.69) is 15.9 Å². The van der Waals surface area contributed by atoms with Crippen molar-refractivity contribution in [1.82, 2.24) is 0 Å². The maximum absolute atomic E-state index is 11.2. The molecule has 4 nitrogen and oxygen atoms in total. The van der Waals surface area contributed by atoms with Gasteiger partial charge >= 0.3 is 5.97 Å². The van der Waals surface area contributed by atoms with Crippen LogP contribution in [-0.2, 0) is 14.3 Å². The SMILES string of the molecule is CCOC(=O)/C=C\[C@H]1O[C@H]([C@H](C)O)C(Br)=C[C@H]1C. The minimum Gasteiger partial charge on any atom is -0.463 e. The Kier molecular flexibility index (Phi) is 6.05. The van der Waals surface area contributed by atoms with E-state index in [0.717, 1.165) is 4.48 Å². The second-order valence-electron chi connectivity index (χ2n) is 4.28. The van der Waals surface area contributed by atoms with Crippen molar-refractivity contribution in [3.8, 4) is 0 Å². The lowest BCUT2D eigenvalue weighted by Gasteiger charge is -2.32. The van der Waals surface area contributed by atoms with Crippen LogP contribution in [0.3, 0.4) is 0 Å². The highest BCUT2D eigenvalue weighted by atomic mass is 79.9. The number of carbonyl (C=O) groups excluding carboxylic acids is 1. The second-order valence-corrected chi connectivity index (χ2v) is 5.20. The zero-order chi connectivity index (χ0) is 13.7. The molecule has 0 aromatic carbocycles. The van der Waals surface area contributed by atoms with Crippen LogP contribution in [0.15, 0.2) is 22.7 Å². The molecule has 0 amide bonds. The summed E-state index contributed by atoms with van der Waals surface area (Å²) in [4.78, 5) is 11.2. The number of ether oxygens (including phenoxy) is 2. The lowest BCUT2D eigenvalue weighted by atomic mass is 9.98. The van der Waals surface area contributed by atoms with Gasteiger partial charge in [0.15, 0.2) is 0 Å². The molecule has 18 heavy (non-hydrogen) atoms. The molecule has 1 heterocycles. The number of hydrogen-bond acceptors (Lipinski definition) is 4. The summed E-state index contributed by atoms with van der Waals surface area (Å²) in [5.41, 5.74) is 0. The Morgan fingerprint density at radius 2 is 2.39 bits per heavy atom. The first-order valence-electron chi connectivity index (χ1n) is 6.01. The molecule has 5 heteroatoms. The molecule has 0 fully saturated rings. The highest BCUT2D eigenvalue weighted by Crippen LogP contribution is 2.30. The van der Waals surface area contributed by atoms with Gasteiger partial charge in [-0.1, -0.05) is 28.9 Å². The maximum atomic E-state index is 11.2. The fraction of sp³-hybridized carbons (Fsp3) is 0.615. The summed E-state index contributed by atoms with van der Waals surface area (Å²) in [7, 11) is 0. The van der Waals surface area contributed by atoms with Crippen LogP contribution >= 0.6 is 15.9 Å². The Hall–Kier alpha value is -0.650. The highest BCUT2D eigenvalue weighted by molar-refractivity contribution is 9.11. The molecule has 0 aromatic heterocycles. The third-order valence-corrected chi connectivity index (χ3v) is 3.38. The van der Waals surface area contributed by atoms with E-state index < -0.39 is 12.2 Å². The van der Waals surface area contributed by atoms with Gasteiger partial charge in [0.25, 0.3) is 0 Å². The normalized spacial score (nSPS) is 30.1. The van der Waals surface area contributed by atoms with Crippen LogP contribution in [0.1, 0.15) is 20.8 Å². The van der Waals surface area contributed by atoms with Gasteiger partial charge in [0.1, 0.15) is 6.10 Å². The molecule has 0 aliphatic carbocycles. The summed E-state index contributed by atoms with van der Waals surface area (Å²) in [5, 5.41) is 9.60. The Labute approximate surface area is 116 Å². The predicted octanol–water partition coefficient (Wildman–Crippen LogP) is 2.17. The van der Waals surface area contributed by atoms with Crippen molar-refractivity contribution in [2.45, 2.75) is 39.1 Å². The number of hydrogen-bond donors (Lipinski definition) is 1. The van der Waals surface area contributed by atoms with Crippen LogP contribution < -0.4 is 0 Å². The van der Waals surface area contributed by atoms with E-state index in [9.17, 15) is 9.90 Å². The average Bonchev–Trinajstić information content (AvgIpc) is 2.27. The molecule has 1 rings (SSSR count). The summed E-state index contributed by atoms with van der Waals surface area (Å²) in [5.74, 6) is -0.254. The fourth-order valence-corrected chi connectivity index (χ4v) is 2.63. The van der Waals surface area contributed by atoms with Crippen molar-refractivity contribution in [2.75, 3.05) is 6.61 Å². The molecule has 0 unspecified atom stereocenters. The Bertz CT molecular complexity index is 349. The Morgan fingerprint density at radius 1 is 1.72 bits per heavy atom. The first-order chi connectivity index (χ1) is 8.45. The Morgan fingerprint density at radius 3 is 2.94 bits per heavy atom. The van der Waals surface area contributed by atoms with Gasteiger partial charge in [-0.25, -0.2) is 4.79 Å². The van der Waals surface area contributed by atoms with Crippen molar-refractivity contribution < 1.29 is 19.4 Å². The summed E-state index contributed by atoms with van der Waals surface area (Å²) in [6.07, 6.45) is 3.79. The van der Waals surface area contributed by atoms with Crippen LogP contribution in [0.2, 0.25) is 0 Å². The van der Waals surface area contributed by atoms with E-state index in [0.29, 0.717) is 6.61 Å². The minimum absolute atomic E-state index is 0.125. The zero-order valence-corrected chi connectivity index (χ0v) is 12.4. The van der Waals surface area contributed by atoms with E-state index in [1.165, 1.54) is 6.08 Å². The molecule has 0 saturated heterocycles. The Balaban J connectivity index is 2.70. The molecule has 4 atom stereocenters. The molecule has 0 spiro atoms. The number of esters is 1. The standard InChI is InChI=1S/C13H19BrO4/c1-4-17-12(16)6-5-11-8(2)7-10(14)13(18-11)9(3)15/h5-9,11,13,15H,4H2,1-3H3/b6-5-/t8-,9+,11-,13-/m1/s1. The first-order valence-corrected chi connectivity index (χ1v) is 6.80. The molecule has 0 aromatic rings. The van der Waals surface area contributed by atoms with Crippen molar-refractivity contribution in [3.63, 3.8) is 0 Å². The number of halogens is 1. The molecule has 1 aliphatic rings. The van der Waals surface area contributed by atoms with E-state index in [-0.39, 0.29) is 18.0 Å². The average molecular weight is 319 g/mol. The van der Waals surface area contributed by atoms with E-state index in [4.69, 9.17) is 9.47 Å². The highest BCUT2D eigenvalue weighted by Gasteiger charge is 2.29. The molecule has 0 radical (unpaired) electrons. The van der Waals surface area contributed by atoms with Crippen molar-refractivity contribution in [1.29, 1.82) is 0 Å². The summed E-state index contributed by atoms with van der Waals surface area (Å²) in [6.45, 7) is 5.77. The van der Waals surface area contributed by atoms with Crippen molar-refractivity contribution >= 4 is 21.9 Å². The molecule has 0 bridgehead atoms. The number of carbonyl (C=O) groups is 1. The maximum Gasteiger partial charge on any atom is 0.330 e. The second kappa shape index (κ2) is 7.07. The van der Waals surface area contributed by atoms with Gasteiger partial charge in [0.2, 0.25) is 0 Å². The fourth-order valence-electron chi connectivity index (χ4n) is 1.73. The topological polar surface area (TPSA) is 55.8 Å². The lowest BCUT2D eigenvalue weighted by Crippen LogP contribution is -2.37. The van der Waals surface area contributed by atoms with Crippen LogP contribution in [-0.4, -0.2) is 36.0 Å². The molecule has 0 saturated carbocycles. The molecule has 1 N–H and O–H groups in total. The minimum atomic E-state index is -0.610. The quantitative estimate of drug-likeness (QED) is 0.637. The largest absolute Gasteiger partial charge is 0.463 e. The molecular weight excluding hydrogens is 300 g/mol. The molecule has 102 valence electrons. The van der Waals surface area contributed by atoms with Gasteiger partial charge in [-0.05, 0) is 19.9 Å². The van der Waals surface area contributed by atoms with E-state index >= 15 is 0 Å². The van der Waals surface area contributed by atoms with Crippen LogP contribution in [0.4, 0.5) is 0 Å². The van der Waals surface area contributed by atoms with Gasteiger partial charge in [-0.15, -0.1) is 0 Å². The summed E-state index contributed by atoms with van der Waals surface area (Å²) in [6, 6.07) is 0. The van der Waals surface area contributed by atoms with Crippen LogP contribution in [0.25, 0.3) is 0 Å². The van der Waals surface area contributed by atoms with Gasteiger partial charge in [0, 0.05) is 16.5 Å². The van der Waals surface area contributed by atoms with Crippen LogP contribution in [0.5, 0.6) is 0 Å². The number of aliphatic hydroxyl groups is 1. The number of aliphatic hydroxyl groups excluding tert-OH is 1. The smallest absolute Gasteiger partial charge is 0.330 e. The summed E-state index contributed by atoms with van der Waals surface area (Å²) >= 11 is 3.39. The zero-order valence-electron chi connectivity index (χ0n) is 10.8. The predicted molar refractivity (Wildman–Crippen MR) is 72.3 cm³/mol. The van der Waals surface area contributed by atoms with Gasteiger partial charge in [-0.2, -0.15) is 0 Å². The third-order valence-electron chi connectivity index (χ3n) is 2.66. The molecular formula is C13H19BrO4. The van der Waals surface area contributed by atoms with E-state index in [1.807, 2.05) is 13.0 Å².